The molecule has 0 aliphatic heterocycles. The van der Waals surface area contributed by atoms with Gasteiger partial charge in [0.15, 0.2) is 0 Å². The maximum atomic E-state index is 5.32. The molecule has 0 radical (unpaired) electrons. The standard InChI is InChI=1S/C10H18N2/c1-3-8-12(9-4-2)10-6-5-7-11/h3-6H,1-2,7-11H2. The number of nitrogens with two attached hydrogens (primary N) is 1. The molecule has 0 aromatic heterocycles. The van der Waals surface area contributed by atoms with Crippen molar-refractivity contribution in [3.05, 3.63) is 37.5 Å². The van der Waals surface area contributed by atoms with Gasteiger partial charge in [-0.25, -0.2) is 0 Å². The van der Waals surface area contributed by atoms with Crippen LogP contribution in [0.1, 0.15) is 0 Å². The van der Waals surface area contributed by atoms with Crippen LogP contribution in [0, 0.1) is 0 Å². The fraction of sp³-hybridized carbons (Fsp3) is 0.400. The topological polar surface area (TPSA) is 29.3 Å². The van der Waals surface area contributed by atoms with E-state index in [4.69, 9.17) is 5.73 Å². The summed E-state index contributed by atoms with van der Waals surface area (Å²) >= 11 is 0. The Morgan fingerprint density at radius 3 is 2.00 bits per heavy atom. The number of hydrogen-bond acceptors (Lipinski definition) is 2. The summed E-state index contributed by atoms with van der Waals surface area (Å²) in [7, 11) is 0. The molecule has 0 heterocycles. The SMILES string of the molecule is C=CCN(CC=C)CC=CCN. The van der Waals surface area contributed by atoms with Crippen molar-refractivity contribution >= 4 is 0 Å². The maximum absolute atomic E-state index is 5.32. The summed E-state index contributed by atoms with van der Waals surface area (Å²) in [6.07, 6.45) is 7.80. The third-order valence-electron chi connectivity index (χ3n) is 1.44. The van der Waals surface area contributed by atoms with E-state index >= 15 is 0 Å². The van der Waals surface area contributed by atoms with Gasteiger partial charge in [0.05, 0.1) is 0 Å². The van der Waals surface area contributed by atoms with E-state index in [2.05, 4.69) is 24.1 Å². The lowest BCUT2D eigenvalue weighted by Gasteiger charge is -2.15. The number of rotatable bonds is 7. The highest BCUT2D eigenvalue weighted by atomic mass is 15.1. The van der Waals surface area contributed by atoms with E-state index in [0.29, 0.717) is 6.54 Å². The van der Waals surface area contributed by atoms with Crippen LogP contribution < -0.4 is 5.73 Å². The first kappa shape index (κ1) is 11.1. The van der Waals surface area contributed by atoms with Crippen molar-refractivity contribution < 1.29 is 0 Å². The molecule has 0 unspecified atom stereocenters. The minimum absolute atomic E-state index is 0.607. The molecule has 0 saturated heterocycles. The van der Waals surface area contributed by atoms with Gasteiger partial charge in [-0.05, 0) is 0 Å². The molecule has 12 heavy (non-hydrogen) atoms. The molecule has 0 aliphatic rings. The molecule has 0 fully saturated rings. The van der Waals surface area contributed by atoms with Gasteiger partial charge in [-0.1, -0.05) is 24.3 Å². The Kier molecular flexibility index (Phi) is 7.65. The van der Waals surface area contributed by atoms with Gasteiger partial charge in [-0.3, -0.25) is 4.90 Å². The number of hydrogen-bond donors (Lipinski definition) is 1. The lowest BCUT2D eigenvalue weighted by Crippen LogP contribution is -2.23. The van der Waals surface area contributed by atoms with E-state index in [9.17, 15) is 0 Å². The first-order valence-corrected chi connectivity index (χ1v) is 4.14. The fourth-order valence-electron chi connectivity index (χ4n) is 0.909. The molecule has 0 rings (SSSR count). The van der Waals surface area contributed by atoms with E-state index in [1.807, 2.05) is 18.2 Å². The highest BCUT2D eigenvalue weighted by Crippen LogP contribution is 1.89. The highest BCUT2D eigenvalue weighted by Gasteiger charge is 1.95. The van der Waals surface area contributed by atoms with E-state index in [1.165, 1.54) is 0 Å². The second-order valence-corrected chi connectivity index (χ2v) is 2.50. The predicted octanol–water partition coefficient (Wildman–Crippen LogP) is 1.18. The first-order chi connectivity index (χ1) is 5.85. The Hall–Kier alpha value is -0.860. The van der Waals surface area contributed by atoms with E-state index in [0.717, 1.165) is 19.6 Å². The molecule has 0 amide bonds. The van der Waals surface area contributed by atoms with Gasteiger partial charge in [0.25, 0.3) is 0 Å². The van der Waals surface area contributed by atoms with Crippen molar-refractivity contribution in [3.8, 4) is 0 Å². The summed E-state index contributed by atoms with van der Waals surface area (Å²) in [5.41, 5.74) is 5.32. The second kappa shape index (κ2) is 8.24. The Bertz CT molecular complexity index is 140. The summed E-state index contributed by atoms with van der Waals surface area (Å²) in [5.74, 6) is 0. The monoisotopic (exact) mass is 166 g/mol. The molecule has 0 aromatic rings. The Morgan fingerprint density at radius 2 is 1.58 bits per heavy atom. The summed E-state index contributed by atoms with van der Waals surface area (Å²) < 4.78 is 0. The van der Waals surface area contributed by atoms with Crippen molar-refractivity contribution in [1.82, 2.24) is 4.90 Å². The van der Waals surface area contributed by atoms with Crippen molar-refractivity contribution in [1.29, 1.82) is 0 Å². The van der Waals surface area contributed by atoms with Crippen LogP contribution in [0.5, 0.6) is 0 Å². The predicted molar refractivity (Wildman–Crippen MR) is 55.0 cm³/mol. The third-order valence-corrected chi connectivity index (χ3v) is 1.44. The van der Waals surface area contributed by atoms with Gasteiger partial charge in [-0.15, -0.1) is 13.2 Å². The molecular formula is C10H18N2. The van der Waals surface area contributed by atoms with Gasteiger partial charge in [0.2, 0.25) is 0 Å². The zero-order valence-electron chi connectivity index (χ0n) is 7.58. The summed E-state index contributed by atoms with van der Waals surface area (Å²) in [6.45, 7) is 10.7. The van der Waals surface area contributed by atoms with Gasteiger partial charge < -0.3 is 5.73 Å². The Balaban J connectivity index is 3.68. The van der Waals surface area contributed by atoms with Crippen LogP contribution in [0.3, 0.4) is 0 Å². The van der Waals surface area contributed by atoms with Crippen molar-refractivity contribution in [2.75, 3.05) is 26.2 Å². The van der Waals surface area contributed by atoms with Crippen LogP contribution in [0.15, 0.2) is 37.5 Å². The van der Waals surface area contributed by atoms with Crippen LogP contribution in [0.2, 0.25) is 0 Å². The zero-order valence-corrected chi connectivity index (χ0v) is 7.58. The smallest absolute Gasteiger partial charge is 0.0170 e. The van der Waals surface area contributed by atoms with Gasteiger partial charge in [-0.2, -0.15) is 0 Å². The largest absolute Gasteiger partial charge is 0.327 e. The molecular weight excluding hydrogens is 148 g/mol. The lowest BCUT2D eigenvalue weighted by atomic mass is 10.4. The summed E-state index contributed by atoms with van der Waals surface area (Å²) in [6, 6.07) is 0. The maximum Gasteiger partial charge on any atom is 0.0170 e. The van der Waals surface area contributed by atoms with Crippen LogP contribution in [-0.2, 0) is 0 Å². The summed E-state index contributed by atoms with van der Waals surface area (Å²) in [4.78, 5) is 2.21. The van der Waals surface area contributed by atoms with Gasteiger partial charge in [0, 0.05) is 26.2 Å². The molecule has 2 N–H and O–H groups in total. The van der Waals surface area contributed by atoms with Crippen LogP contribution in [-0.4, -0.2) is 31.1 Å². The first-order valence-electron chi connectivity index (χ1n) is 4.14. The van der Waals surface area contributed by atoms with Crippen LogP contribution >= 0.6 is 0 Å². The molecule has 2 nitrogen and oxygen atoms in total. The Morgan fingerprint density at radius 1 is 1.00 bits per heavy atom. The van der Waals surface area contributed by atoms with E-state index < -0.39 is 0 Å². The van der Waals surface area contributed by atoms with Crippen LogP contribution in [0.4, 0.5) is 0 Å². The Labute approximate surface area is 75.1 Å². The van der Waals surface area contributed by atoms with Crippen molar-refractivity contribution in [2.45, 2.75) is 0 Å². The minimum atomic E-state index is 0.607. The quantitative estimate of drug-likeness (QED) is 0.575. The zero-order chi connectivity index (χ0) is 9.23. The third kappa shape index (κ3) is 5.89. The second-order valence-electron chi connectivity index (χ2n) is 2.50. The molecule has 68 valence electrons. The lowest BCUT2D eigenvalue weighted by molar-refractivity contribution is 0.373. The van der Waals surface area contributed by atoms with Crippen LogP contribution in [0.25, 0.3) is 0 Å². The molecule has 0 aliphatic carbocycles. The van der Waals surface area contributed by atoms with E-state index in [1.54, 1.807) is 0 Å². The minimum Gasteiger partial charge on any atom is -0.327 e. The van der Waals surface area contributed by atoms with Gasteiger partial charge in [0.1, 0.15) is 0 Å². The molecule has 0 bridgehead atoms. The van der Waals surface area contributed by atoms with E-state index in [-0.39, 0.29) is 0 Å². The molecule has 2 heteroatoms. The van der Waals surface area contributed by atoms with Crippen molar-refractivity contribution in [2.24, 2.45) is 5.73 Å². The fourth-order valence-corrected chi connectivity index (χ4v) is 0.909. The molecule has 0 saturated carbocycles. The highest BCUT2D eigenvalue weighted by molar-refractivity contribution is 4.89. The molecule has 0 spiro atoms. The molecule has 0 aromatic carbocycles. The average Bonchev–Trinajstić information content (AvgIpc) is 2.06. The molecule has 0 atom stereocenters. The number of nitrogens with zero attached hydrogens (tertiary/aromatic N) is 1. The average molecular weight is 166 g/mol. The van der Waals surface area contributed by atoms with Gasteiger partial charge >= 0.3 is 0 Å². The van der Waals surface area contributed by atoms with Crippen molar-refractivity contribution in [3.63, 3.8) is 0 Å². The normalized spacial score (nSPS) is 10.8. The summed E-state index contributed by atoms with van der Waals surface area (Å²) in [5, 5.41) is 0.